The molecule has 0 unspecified atom stereocenters. The molecule has 0 aliphatic carbocycles. The van der Waals surface area contributed by atoms with Crippen LogP contribution in [0.15, 0.2) is 24.3 Å². The van der Waals surface area contributed by atoms with E-state index in [1.54, 1.807) is 0 Å². The van der Waals surface area contributed by atoms with Crippen molar-refractivity contribution in [1.82, 2.24) is 10.2 Å². The Morgan fingerprint density at radius 1 is 1.37 bits per heavy atom. The molecule has 1 N–H and O–H groups in total. The highest BCUT2D eigenvalue weighted by Crippen LogP contribution is 2.18. The summed E-state index contributed by atoms with van der Waals surface area (Å²) in [6, 6.07) is 8.58. The summed E-state index contributed by atoms with van der Waals surface area (Å²) >= 11 is 0. The standard InChI is InChI=1S/C16H24N2O/c1-4-9-18(12(2)3)16(19)15-10-13-7-5-6-8-14(13)11-17-15/h5-8,12,15,17H,4,9-11H2,1-3H3/t15-/m0/s1. The Hall–Kier alpha value is -1.35. The Morgan fingerprint density at radius 2 is 2.05 bits per heavy atom. The van der Waals surface area contributed by atoms with Gasteiger partial charge in [-0.3, -0.25) is 4.79 Å². The lowest BCUT2D eigenvalue weighted by Crippen LogP contribution is -2.51. The van der Waals surface area contributed by atoms with Gasteiger partial charge in [0.25, 0.3) is 0 Å². The molecule has 3 heteroatoms. The van der Waals surface area contributed by atoms with Crippen molar-refractivity contribution in [3.8, 4) is 0 Å². The third kappa shape index (κ3) is 3.16. The van der Waals surface area contributed by atoms with Crippen LogP contribution in [0, 0.1) is 0 Å². The summed E-state index contributed by atoms with van der Waals surface area (Å²) < 4.78 is 0. The van der Waals surface area contributed by atoms with Crippen molar-refractivity contribution in [2.45, 2.75) is 52.2 Å². The van der Waals surface area contributed by atoms with Gasteiger partial charge in [-0.15, -0.1) is 0 Å². The molecule has 0 saturated carbocycles. The minimum Gasteiger partial charge on any atom is -0.339 e. The maximum Gasteiger partial charge on any atom is 0.240 e. The Balaban J connectivity index is 2.09. The number of rotatable bonds is 4. The number of benzene rings is 1. The van der Waals surface area contributed by atoms with Gasteiger partial charge in [0.2, 0.25) is 5.91 Å². The van der Waals surface area contributed by atoms with Crippen LogP contribution >= 0.6 is 0 Å². The molecular formula is C16H24N2O. The summed E-state index contributed by atoms with van der Waals surface area (Å²) in [5.74, 6) is 0.242. The van der Waals surface area contributed by atoms with E-state index in [1.807, 2.05) is 4.90 Å². The van der Waals surface area contributed by atoms with E-state index in [2.05, 4.69) is 50.4 Å². The first-order valence-corrected chi connectivity index (χ1v) is 7.24. The summed E-state index contributed by atoms with van der Waals surface area (Å²) in [4.78, 5) is 14.6. The van der Waals surface area contributed by atoms with Crippen LogP contribution in [0.4, 0.5) is 0 Å². The summed E-state index contributed by atoms with van der Waals surface area (Å²) in [5.41, 5.74) is 2.62. The molecule has 1 aromatic rings. The van der Waals surface area contributed by atoms with Gasteiger partial charge in [0.1, 0.15) is 0 Å². The van der Waals surface area contributed by atoms with Gasteiger partial charge >= 0.3 is 0 Å². The lowest BCUT2D eigenvalue weighted by atomic mass is 9.95. The molecule has 1 aliphatic rings. The number of nitrogens with zero attached hydrogens (tertiary/aromatic N) is 1. The van der Waals surface area contributed by atoms with Crippen molar-refractivity contribution in [2.75, 3.05) is 6.54 Å². The van der Waals surface area contributed by atoms with Crippen molar-refractivity contribution in [3.63, 3.8) is 0 Å². The first kappa shape index (κ1) is 14.1. The topological polar surface area (TPSA) is 32.3 Å². The van der Waals surface area contributed by atoms with E-state index in [4.69, 9.17) is 0 Å². The highest BCUT2D eigenvalue weighted by molar-refractivity contribution is 5.82. The minimum atomic E-state index is -0.0659. The van der Waals surface area contributed by atoms with Gasteiger partial charge in [0.05, 0.1) is 6.04 Å². The molecule has 0 spiro atoms. The van der Waals surface area contributed by atoms with E-state index >= 15 is 0 Å². The quantitative estimate of drug-likeness (QED) is 0.901. The van der Waals surface area contributed by atoms with E-state index in [1.165, 1.54) is 11.1 Å². The Bertz CT molecular complexity index is 442. The molecule has 0 fully saturated rings. The van der Waals surface area contributed by atoms with E-state index in [0.29, 0.717) is 0 Å². The Morgan fingerprint density at radius 3 is 2.68 bits per heavy atom. The molecular weight excluding hydrogens is 236 g/mol. The van der Waals surface area contributed by atoms with Gasteiger partial charge in [-0.05, 0) is 37.8 Å². The first-order valence-electron chi connectivity index (χ1n) is 7.24. The van der Waals surface area contributed by atoms with Crippen LogP contribution in [-0.4, -0.2) is 29.4 Å². The third-order valence-corrected chi connectivity index (χ3v) is 3.75. The second-order valence-corrected chi connectivity index (χ2v) is 5.53. The van der Waals surface area contributed by atoms with Crippen LogP contribution in [-0.2, 0) is 17.8 Å². The SMILES string of the molecule is CCCN(C(=O)[C@@H]1Cc2ccccc2CN1)C(C)C. The van der Waals surface area contributed by atoms with E-state index < -0.39 is 0 Å². The van der Waals surface area contributed by atoms with Crippen LogP contribution in [0.2, 0.25) is 0 Å². The van der Waals surface area contributed by atoms with Gasteiger partial charge in [0, 0.05) is 19.1 Å². The van der Waals surface area contributed by atoms with Gasteiger partial charge in [-0.1, -0.05) is 31.2 Å². The number of fused-ring (bicyclic) bond motifs is 1. The molecule has 1 aliphatic heterocycles. The molecule has 1 heterocycles. The highest BCUT2D eigenvalue weighted by Gasteiger charge is 2.28. The van der Waals surface area contributed by atoms with E-state index in [9.17, 15) is 4.79 Å². The zero-order valence-corrected chi connectivity index (χ0v) is 12.1. The van der Waals surface area contributed by atoms with Crippen LogP contribution in [0.3, 0.4) is 0 Å². The third-order valence-electron chi connectivity index (χ3n) is 3.75. The largest absolute Gasteiger partial charge is 0.339 e. The zero-order valence-electron chi connectivity index (χ0n) is 12.1. The van der Waals surface area contributed by atoms with Crippen molar-refractivity contribution in [3.05, 3.63) is 35.4 Å². The lowest BCUT2D eigenvalue weighted by Gasteiger charge is -2.33. The van der Waals surface area contributed by atoms with Crippen molar-refractivity contribution in [2.24, 2.45) is 0 Å². The number of hydrogen-bond donors (Lipinski definition) is 1. The highest BCUT2D eigenvalue weighted by atomic mass is 16.2. The maximum atomic E-state index is 12.6. The average Bonchev–Trinajstić information content (AvgIpc) is 2.43. The van der Waals surface area contributed by atoms with Crippen molar-refractivity contribution in [1.29, 1.82) is 0 Å². The summed E-state index contributed by atoms with van der Waals surface area (Å²) in [7, 11) is 0. The van der Waals surface area contributed by atoms with Crippen LogP contribution in [0.25, 0.3) is 0 Å². The molecule has 2 rings (SSSR count). The number of carbonyl (C=O) groups is 1. The predicted molar refractivity (Wildman–Crippen MR) is 77.9 cm³/mol. The molecule has 3 nitrogen and oxygen atoms in total. The molecule has 1 amide bonds. The Kier molecular flexibility index (Phi) is 4.59. The van der Waals surface area contributed by atoms with E-state index in [0.717, 1.165) is 25.9 Å². The second kappa shape index (κ2) is 6.20. The van der Waals surface area contributed by atoms with Gasteiger partial charge in [-0.25, -0.2) is 0 Å². The molecule has 0 bridgehead atoms. The van der Waals surface area contributed by atoms with Gasteiger partial charge < -0.3 is 10.2 Å². The van der Waals surface area contributed by atoms with E-state index in [-0.39, 0.29) is 18.0 Å². The van der Waals surface area contributed by atoms with Crippen molar-refractivity contribution >= 4 is 5.91 Å². The fourth-order valence-corrected chi connectivity index (χ4v) is 2.69. The zero-order chi connectivity index (χ0) is 13.8. The molecule has 104 valence electrons. The molecule has 1 atom stereocenters. The molecule has 0 saturated heterocycles. The van der Waals surface area contributed by atoms with Crippen LogP contribution < -0.4 is 5.32 Å². The maximum absolute atomic E-state index is 12.6. The number of carbonyl (C=O) groups excluding carboxylic acids is 1. The Labute approximate surface area is 116 Å². The molecule has 0 aromatic heterocycles. The number of amides is 1. The second-order valence-electron chi connectivity index (χ2n) is 5.53. The number of hydrogen-bond acceptors (Lipinski definition) is 2. The predicted octanol–water partition coefficient (Wildman–Crippen LogP) is 2.35. The summed E-state index contributed by atoms with van der Waals surface area (Å²) in [6.45, 7) is 7.93. The van der Waals surface area contributed by atoms with Crippen LogP contribution in [0.5, 0.6) is 0 Å². The fraction of sp³-hybridized carbons (Fsp3) is 0.562. The van der Waals surface area contributed by atoms with Gasteiger partial charge in [-0.2, -0.15) is 0 Å². The number of nitrogens with one attached hydrogen (secondary N) is 1. The minimum absolute atomic E-state index is 0.0659. The fourth-order valence-electron chi connectivity index (χ4n) is 2.69. The smallest absolute Gasteiger partial charge is 0.240 e. The first-order chi connectivity index (χ1) is 9.13. The molecule has 1 aromatic carbocycles. The molecule has 0 radical (unpaired) electrons. The monoisotopic (exact) mass is 260 g/mol. The average molecular weight is 260 g/mol. The molecule has 19 heavy (non-hydrogen) atoms. The van der Waals surface area contributed by atoms with Gasteiger partial charge in [0.15, 0.2) is 0 Å². The summed E-state index contributed by atoms with van der Waals surface area (Å²) in [5, 5.41) is 3.38. The van der Waals surface area contributed by atoms with Crippen LogP contribution in [0.1, 0.15) is 38.3 Å². The van der Waals surface area contributed by atoms with Crippen molar-refractivity contribution < 1.29 is 4.79 Å². The lowest BCUT2D eigenvalue weighted by molar-refractivity contribution is -0.135. The summed E-state index contributed by atoms with van der Waals surface area (Å²) in [6.07, 6.45) is 1.81. The normalized spacial score (nSPS) is 18.2.